The molecule has 4 rings (SSSR count). The molecule has 1 aromatic heterocycles. The van der Waals surface area contributed by atoms with Crippen LogP contribution in [-0.2, 0) is 16.8 Å². The van der Waals surface area contributed by atoms with Gasteiger partial charge in [-0.3, -0.25) is 9.69 Å². The zero-order valence-electron chi connectivity index (χ0n) is 15.4. The lowest BCUT2D eigenvalue weighted by atomic mass is 9.94. The zero-order chi connectivity index (χ0) is 19.0. The smallest absolute Gasteiger partial charge is 0.233 e. The predicted molar refractivity (Wildman–Crippen MR) is 105 cm³/mol. The molecule has 0 unspecified atom stereocenters. The Balaban J connectivity index is 1.41. The van der Waals surface area contributed by atoms with Crippen LogP contribution < -0.4 is 5.73 Å². The fourth-order valence-corrected chi connectivity index (χ4v) is 4.16. The van der Waals surface area contributed by atoms with Crippen molar-refractivity contribution >= 4 is 23.3 Å². The van der Waals surface area contributed by atoms with Gasteiger partial charge in [0.1, 0.15) is 11.6 Å². The largest absolute Gasteiger partial charge is 0.384 e. The maximum atomic E-state index is 13.2. The summed E-state index contributed by atoms with van der Waals surface area (Å²) < 4.78 is 0. The normalized spacial score (nSPS) is 20.9. The number of likely N-dealkylation sites (tertiary alicyclic amines) is 1. The van der Waals surface area contributed by atoms with Crippen molar-refractivity contribution < 1.29 is 4.79 Å². The Labute approximate surface area is 164 Å². The lowest BCUT2D eigenvalue weighted by Gasteiger charge is -2.26. The summed E-state index contributed by atoms with van der Waals surface area (Å²) in [5.41, 5.74) is 6.42. The molecule has 1 amide bonds. The Morgan fingerprint density at radius 2 is 2.22 bits per heavy atom. The molecule has 0 bridgehead atoms. The second kappa shape index (κ2) is 7.09. The SMILES string of the molecule is CN(Cc1nccc(N)n1)[C@@H]1CCN(C(=O)C2(c3cccc(Cl)c3)CC2)C1. The topological polar surface area (TPSA) is 75.4 Å². The van der Waals surface area contributed by atoms with E-state index in [1.165, 1.54) is 0 Å². The number of nitrogen functional groups attached to an aromatic ring is 1. The van der Waals surface area contributed by atoms with Crippen LogP contribution >= 0.6 is 11.6 Å². The number of carbonyl (C=O) groups excluding carboxylic acids is 1. The molecule has 2 N–H and O–H groups in total. The lowest BCUT2D eigenvalue weighted by Crippen LogP contribution is -2.40. The van der Waals surface area contributed by atoms with Crippen LogP contribution in [0.1, 0.15) is 30.7 Å². The quantitative estimate of drug-likeness (QED) is 0.855. The number of benzene rings is 1. The first kappa shape index (κ1) is 18.2. The summed E-state index contributed by atoms with van der Waals surface area (Å²) in [4.78, 5) is 26.0. The first-order valence-corrected chi connectivity index (χ1v) is 9.69. The van der Waals surface area contributed by atoms with Gasteiger partial charge in [-0.15, -0.1) is 0 Å². The summed E-state index contributed by atoms with van der Waals surface area (Å²) in [5, 5.41) is 0.688. The van der Waals surface area contributed by atoms with E-state index in [2.05, 4.69) is 21.9 Å². The van der Waals surface area contributed by atoms with Crippen LogP contribution in [0.5, 0.6) is 0 Å². The zero-order valence-corrected chi connectivity index (χ0v) is 16.2. The van der Waals surface area contributed by atoms with E-state index in [1.807, 2.05) is 29.2 Å². The Bertz CT molecular complexity index is 854. The maximum absolute atomic E-state index is 13.2. The molecule has 0 radical (unpaired) electrons. The van der Waals surface area contributed by atoms with Crippen molar-refractivity contribution in [2.24, 2.45) is 0 Å². The van der Waals surface area contributed by atoms with Gasteiger partial charge < -0.3 is 10.6 Å². The van der Waals surface area contributed by atoms with Crippen LogP contribution in [0.25, 0.3) is 0 Å². The highest BCUT2D eigenvalue weighted by atomic mass is 35.5. The van der Waals surface area contributed by atoms with Gasteiger partial charge >= 0.3 is 0 Å². The molecular formula is C20H24ClN5O. The molecule has 7 heteroatoms. The van der Waals surface area contributed by atoms with E-state index in [0.717, 1.165) is 37.9 Å². The summed E-state index contributed by atoms with van der Waals surface area (Å²) in [6.07, 6.45) is 4.44. The average molecular weight is 386 g/mol. The Hall–Kier alpha value is -2.18. The molecule has 0 spiro atoms. The van der Waals surface area contributed by atoms with Gasteiger partial charge in [-0.05, 0) is 50.1 Å². The average Bonchev–Trinajstić information content (AvgIpc) is 3.31. The van der Waals surface area contributed by atoms with Gasteiger partial charge in [0.15, 0.2) is 0 Å². The third kappa shape index (κ3) is 3.64. The molecule has 2 fully saturated rings. The molecular weight excluding hydrogens is 362 g/mol. The van der Waals surface area contributed by atoms with Crippen molar-refractivity contribution in [3.63, 3.8) is 0 Å². The summed E-state index contributed by atoms with van der Waals surface area (Å²) in [6.45, 7) is 2.14. The van der Waals surface area contributed by atoms with E-state index >= 15 is 0 Å². The molecule has 1 atom stereocenters. The number of likely N-dealkylation sites (N-methyl/N-ethyl adjacent to an activating group) is 1. The molecule has 1 aliphatic carbocycles. The number of carbonyl (C=O) groups is 1. The number of hydrogen-bond acceptors (Lipinski definition) is 5. The van der Waals surface area contributed by atoms with E-state index in [0.29, 0.717) is 29.3 Å². The van der Waals surface area contributed by atoms with Gasteiger partial charge in [0, 0.05) is 30.4 Å². The number of anilines is 1. The minimum Gasteiger partial charge on any atom is -0.384 e. The van der Waals surface area contributed by atoms with E-state index < -0.39 is 0 Å². The summed E-state index contributed by atoms with van der Waals surface area (Å²) in [6, 6.07) is 9.72. The van der Waals surface area contributed by atoms with Gasteiger partial charge in [-0.1, -0.05) is 23.7 Å². The number of nitrogens with zero attached hydrogens (tertiary/aromatic N) is 4. The molecule has 1 aliphatic heterocycles. The third-order valence-electron chi connectivity index (χ3n) is 5.73. The predicted octanol–water partition coefficient (Wildman–Crippen LogP) is 2.48. The molecule has 1 saturated carbocycles. The number of rotatable bonds is 5. The van der Waals surface area contributed by atoms with Crippen molar-refractivity contribution in [3.8, 4) is 0 Å². The number of nitrogens with two attached hydrogens (primary N) is 1. The fourth-order valence-electron chi connectivity index (χ4n) is 3.97. The number of hydrogen-bond donors (Lipinski definition) is 1. The van der Waals surface area contributed by atoms with Crippen molar-refractivity contribution in [2.45, 2.75) is 37.3 Å². The van der Waals surface area contributed by atoms with Gasteiger partial charge in [-0.2, -0.15) is 0 Å². The molecule has 1 aromatic carbocycles. The molecule has 2 aliphatic rings. The van der Waals surface area contributed by atoms with Crippen molar-refractivity contribution in [3.05, 3.63) is 52.9 Å². The van der Waals surface area contributed by atoms with Crippen LogP contribution in [0.4, 0.5) is 5.82 Å². The van der Waals surface area contributed by atoms with Gasteiger partial charge in [0.05, 0.1) is 12.0 Å². The van der Waals surface area contributed by atoms with Gasteiger partial charge in [0.25, 0.3) is 0 Å². The van der Waals surface area contributed by atoms with Crippen molar-refractivity contribution in [1.29, 1.82) is 0 Å². The van der Waals surface area contributed by atoms with Crippen LogP contribution in [0.15, 0.2) is 36.5 Å². The fraction of sp³-hybridized carbons (Fsp3) is 0.450. The van der Waals surface area contributed by atoms with Gasteiger partial charge in [-0.25, -0.2) is 9.97 Å². The molecule has 2 aromatic rings. The second-order valence-corrected chi connectivity index (χ2v) is 8.04. The van der Waals surface area contributed by atoms with Crippen LogP contribution in [0.2, 0.25) is 5.02 Å². The number of aromatic nitrogens is 2. The third-order valence-corrected chi connectivity index (χ3v) is 5.96. The highest BCUT2D eigenvalue weighted by Crippen LogP contribution is 2.50. The Kier molecular flexibility index (Phi) is 4.78. The molecule has 2 heterocycles. The summed E-state index contributed by atoms with van der Waals surface area (Å²) >= 11 is 6.14. The van der Waals surface area contributed by atoms with E-state index in [-0.39, 0.29) is 11.3 Å². The van der Waals surface area contributed by atoms with Crippen LogP contribution in [0, 0.1) is 0 Å². The second-order valence-electron chi connectivity index (χ2n) is 7.60. The van der Waals surface area contributed by atoms with E-state index in [9.17, 15) is 4.79 Å². The number of amides is 1. The summed E-state index contributed by atoms with van der Waals surface area (Å²) in [7, 11) is 2.05. The molecule has 27 heavy (non-hydrogen) atoms. The van der Waals surface area contributed by atoms with E-state index in [1.54, 1.807) is 12.3 Å². The van der Waals surface area contributed by atoms with Gasteiger partial charge in [0.2, 0.25) is 5.91 Å². The van der Waals surface area contributed by atoms with Crippen LogP contribution in [0.3, 0.4) is 0 Å². The minimum atomic E-state index is -0.366. The first-order chi connectivity index (χ1) is 13.0. The van der Waals surface area contributed by atoms with Crippen molar-refractivity contribution in [1.82, 2.24) is 19.8 Å². The first-order valence-electron chi connectivity index (χ1n) is 9.31. The highest BCUT2D eigenvalue weighted by Gasteiger charge is 2.53. The van der Waals surface area contributed by atoms with Crippen molar-refractivity contribution in [2.75, 3.05) is 25.9 Å². The standard InChI is InChI=1S/C20H24ClN5O/c1-25(13-18-23-9-5-17(22)24-18)16-6-10-26(12-16)19(27)20(7-8-20)14-3-2-4-15(21)11-14/h2-5,9,11,16H,6-8,10,12-13H2,1H3,(H2,22,23,24)/t16-/m1/s1. The maximum Gasteiger partial charge on any atom is 0.233 e. The molecule has 6 nitrogen and oxygen atoms in total. The van der Waals surface area contributed by atoms with Crippen LogP contribution in [-0.4, -0.2) is 51.9 Å². The molecule has 142 valence electrons. The number of halogens is 1. The molecule has 1 saturated heterocycles. The summed E-state index contributed by atoms with van der Waals surface area (Å²) in [5.74, 6) is 1.43. The Morgan fingerprint density at radius 3 is 2.93 bits per heavy atom. The Morgan fingerprint density at radius 1 is 1.41 bits per heavy atom. The minimum absolute atomic E-state index is 0.237. The highest BCUT2D eigenvalue weighted by molar-refractivity contribution is 6.30. The van der Waals surface area contributed by atoms with E-state index in [4.69, 9.17) is 17.3 Å². The monoisotopic (exact) mass is 385 g/mol. The lowest BCUT2D eigenvalue weighted by molar-refractivity contribution is -0.133.